The largest absolute Gasteiger partial charge is 2.00 e. The van der Waals surface area contributed by atoms with Crippen LogP contribution in [0.5, 0.6) is 11.5 Å². The van der Waals surface area contributed by atoms with E-state index >= 15 is 0 Å². The third kappa shape index (κ3) is 15.5. The summed E-state index contributed by atoms with van der Waals surface area (Å²) < 4.78 is 0. The number of benzene rings is 2. The molecule has 2 aromatic rings. The van der Waals surface area contributed by atoms with Crippen LogP contribution in [-0.2, 0) is 48.0 Å². The van der Waals surface area contributed by atoms with Crippen LogP contribution in [0.25, 0.3) is 0 Å². The fourth-order valence-electron chi connectivity index (χ4n) is 5.30. The van der Waals surface area contributed by atoms with Gasteiger partial charge in [-0.1, -0.05) is 95.2 Å². The molecule has 3 rings (SSSR count). The number of phenolic OH excluding ortho intramolecular Hbond substituents is 2. The van der Waals surface area contributed by atoms with Gasteiger partial charge < -0.3 is 30.0 Å². The van der Waals surface area contributed by atoms with Crippen molar-refractivity contribution in [3.8, 4) is 11.5 Å². The van der Waals surface area contributed by atoms with Crippen LogP contribution >= 0.6 is 0 Å². The van der Waals surface area contributed by atoms with E-state index in [0.717, 1.165) is 61.8 Å². The van der Waals surface area contributed by atoms with Crippen molar-refractivity contribution in [2.45, 2.75) is 156 Å². The van der Waals surface area contributed by atoms with Gasteiger partial charge in [0.2, 0.25) is 0 Å². The Morgan fingerprint density at radius 1 is 0.633 bits per heavy atom. The van der Waals surface area contributed by atoms with Gasteiger partial charge in [-0.25, -0.2) is 0 Å². The summed E-state index contributed by atoms with van der Waals surface area (Å²) in [5.41, 5.74) is 5.53. The monoisotopic (exact) mass is 723 g/mol. The van der Waals surface area contributed by atoms with E-state index in [-0.39, 0.29) is 50.5 Å². The van der Waals surface area contributed by atoms with E-state index in [9.17, 15) is 10.2 Å². The number of nitrogens with zero attached hydrogens (tertiary/aromatic N) is 2. The standard InChI is InChI=1S/C36H54N2O2.2C2H4O2.Co/c1-33(2,3)25-16-23(31(39)29(18-25)35(7,8)9)21-37-27-14-13-15-28(20-27)38-22-24-17-26(34(4,5)6)19-30(32(24)40)36(10,11)12;2*1-2(3)4;/h16-19,21-22,27-28,39-40H,13-15,20H2,1-12H3;2*1H3,(H,3,4);/q;;;+2/p-2. The number of aliphatic carboxylic acids is 2. The molecule has 2 N–H and O–H groups in total. The molecule has 0 bridgehead atoms. The van der Waals surface area contributed by atoms with E-state index < -0.39 is 11.9 Å². The van der Waals surface area contributed by atoms with E-state index in [1.54, 1.807) is 0 Å². The second kappa shape index (κ2) is 18.2. The van der Waals surface area contributed by atoms with Crippen LogP contribution in [0.3, 0.4) is 0 Å². The number of hydrogen-bond donors (Lipinski definition) is 2. The Kier molecular flexibility index (Phi) is 17.0. The van der Waals surface area contributed by atoms with Crippen molar-refractivity contribution >= 4 is 24.4 Å². The molecule has 0 spiro atoms. The Balaban J connectivity index is 0.00000230. The molecule has 8 nitrogen and oxygen atoms in total. The Bertz CT molecular complexity index is 1350. The summed E-state index contributed by atoms with van der Waals surface area (Å²) >= 11 is 0. The molecule has 0 saturated heterocycles. The van der Waals surface area contributed by atoms with E-state index in [0.29, 0.717) is 11.5 Å². The van der Waals surface area contributed by atoms with Crippen LogP contribution in [-0.4, -0.2) is 46.7 Å². The summed E-state index contributed by atoms with van der Waals surface area (Å²) in [5, 5.41) is 40.1. The van der Waals surface area contributed by atoms with E-state index in [1.165, 1.54) is 11.1 Å². The van der Waals surface area contributed by atoms with Crippen molar-refractivity contribution in [3.63, 3.8) is 0 Å². The number of phenols is 2. The number of rotatable bonds is 4. The molecule has 1 saturated carbocycles. The van der Waals surface area contributed by atoms with Gasteiger partial charge in [-0.15, -0.1) is 0 Å². The zero-order valence-electron chi connectivity index (χ0n) is 32.2. The predicted octanol–water partition coefficient (Wildman–Crippen LogP) is 6.65. The Morgan fingerprint density at radius 2 is 0.918 bits per heavy atom. The van der Waals surface area contributed by atoms with E-state index in [2.05, 4.69) is 107 Å². The van der Waals surface area contributed by atoms with Gasteiger partial charge in [0.05, 0.1) is 12.1 Å². The van der Waals surface area contributed by atoms with Crippen LogP contribution in [0.15, 0.2) is 34.3 Å². The summed E-state index contributed by atoms with van der Waals surface area (Å²) in [6.07, 6.45) is 7.73. The molecule has 275 valence electrons. The first kappa shape index (κ1) is 45.8. The molecule has 0 aromatic heterocycles. The zero-order valence-corrected chi connectivity index (χ0v) is 33.2. The summed E-state index contributed by atoms with van der Waals surface area (Å²) in [6, 6.07) is 8.78. The van der Waals surface area contributed by atoms with Crippen LogP contribution in [0.2, 0.25) is 0 Å². The van der Waals surface area contributed by atoms with Crippen molar-refractivity contribution in [2.24, 2.45) is 9.98 Å². The van der Waals surface area contributed by atoms with Crippen molar-refractivity contribution < 1.29 is 46.8 Å². The van der Waals surface area contributed by atoms with Crippen LogP contribution in [0.4, 0.5) is 0 Å². The average Bonchev–Trinajstić information content (AvgIpc) is 2.89. The van der Waals surface area contributed by atoms with Gasteiger partial charge in [0.15, 0.2) is 0 Å². The van der Waals surface area contributed by atoms with Gasteiger partial charge in [0.1, 0.15) is 11.5 Å². The Labute approximate surface area is 305 Å². The fourth-order valence-corrected chi connectivity index (χ4v) is 5.30. The maximum absolute atomic E-state index is 11.2. The second-order valence-corrected chi connectivity index (χ2v) is 16.9. The second-order valence-electron chi connectivity index (χ2n) is 16.9. The van der Waals surface area contributed by atoms with Gasteiger partial charge in [-0.05, 0) is 84.5 Å². The van der Waals surface area contributed by atoms with Gasteiger partial charge >= 0.3 is 16.8 Å². The smallest absolute Gasteiger partial charge is 0.550 e. The molecule has 0 aliphatic heterocycles. The number of carboxylic acid groups (broad SMARTS) is 2. The summed E-state index contributed by atoms with van der Waals surface area (Å²) in [5.74, 6) is -1.50. The van der Waals surface area contributed by atoms with Gasteiger partial charge in [0, 0.05) is 46.6 Å². The number of hydrogen-bond acceptors (Lipinski definition) is 8. The average molecular weight is 724 g/mol. The van der Waals surface area contributed by atoms with Crippen LogP contribution < -0.4 is 10.2 Å². The van der Waals surface area contributed by atoms with Gasteiger partial charge in [-0.2, -0.15) is 0 Å². The number of carboxylic acids is 2. The van der Waals surface area contributed by atoms with E-state index in [4.69, 9.17) is 29.8 Å². The SMILES string of the molecule is CC(=O)[O-].CC(=O)[O-].CC(C)(C)c1cc(C=NC2CCCC(N=Cc3cc(C(C)(C)C)cc(C(C)(C)C)c3O)C2)c(O)c(C(C)(C)C)c1.[Co+2]. The summed E-state index contributed by atoms with van der Waals surface area (Å²) in [6.45, 7) is 28.0. The normalized spacial score (nSPS) is 17.0. The molecule has 9 heteroatoms. The molecule has 49 heavy (non-hydrogen) atoms. The minimum Gasteiger partial charge on any atom is -0.550 e. The molecular formula is C40H60CoN2O6. The third-order valence-electron chi connectivity index (χ3n) is 8.09. The zero-order chi connectivity index (χ0) is 37.4. The molecule has 2 aromatic carbocycles. The van der Waals surface area contributed by atoms with Crippen LogP contribution in [0, 0.1) is 0 Å². The molecule has 0 amide bonds. The number of carbonyl (C=O) groups is 2. The number of aliphatic imine (C=N–C) groups is 2. The minimum absolute atomic E-state index is 0. The first-order chi connectivity index (χ1) is 21.6. The molecule has 2 unspecified atom stereocenters. The number of carbonyl (C=O) groups excluding carboxylic acids is 2. The maximum atomic E-state index is 11.2. The Hall–Kier alpha value is -3.17. The fraction of sp³-hybridized carbons (Fsp3) is 0.600. The van der Waals surface area contributed by atoms with Crippen molar-refractivity contribution in [2.75, 3.05) is 0 Å². The van der Waals surface area contributed by atoms with Gasteiger partial charge in [-0.3, -0.25) is 9.98 Å². The Morgan fingerprint density at radius 3 is 1.16 bits per heavy atom. The third-order valence-corrected chi connectivity index (χ3v) is 8.09. The maximum Gasteiger partial charge on any atom is 2.00 e. The molecule has 1 aliphatic rings. The molecule has 1 radical (unpaired) electrons. The summed E-state index contributed by atoms with van der Waals surface area (Å²) in [7, 11) is 0. The summed E-state index contributed by atoms with van der Waals surface area (Å²) in [4.78, 5) is 27.7. The molecular weight excluding hydrogens is 663 g/mol. The van der Waals surface area contributed by atoms with Crippen molar-refractivity contribution in [3.05, 3.63) is 57.6 Å². The predicted molar refractivity (Wildman–Crippen MR) is 194 cm³/mol. The first-order valence-corrected chi connectivity index (χ1v) is 16.8. The van der Waals surface area contributed by atoms with Crippen molar-refractivity contribution in [1.29, 1.82) is 0 Å². The number of aromatic hydroxyl groups is 2. The minimum atomic E-state index is -1.08. The topological polar surface area (TPSA) is 145 Å². The molecule has 1 fully saturated rings. The van der Waals surface area contributed by atoms with Crippen molar-refractivity contribution in [1.82, 2.24) is 0 Å². The molecule has 2 atom stereocenters. The quantitative estimate of drug-likeness (QED) is 0.338. The van der Waals surface area contributed by atoms with Crippen LogP contribution in [0.1, 0.15) is 156 Å². The van der Waals surface area contributed by atoms with E-state index in [1.807, 2.05) is 12.4 Å². The van der Waals surface area contributed by atoms with Gasteiger partial charge in [0.25, 0.3) is 0 Å². The first-order valence-electron chi connectivity index (χ1n) is 16.8. The molecule has 1 aliphatic carbocycles. The molecule has 0 heterocycles.